The molecule has 0 radical (unpaired) electrons. The summed E-state index contributed by atoms with van der Waals surface area (Å²) >= 11 is 0. The molecule has 1 heterocycles. The molecule has 0 spiro atoms. The fourth-order valence-electron chi connectivity index (χ4n) is 11.5. The van der Waals surface area contributed by atoms with Crippen LogP contribution < -0.4 is 5.32 Å². The zero-order valence-electron chi connectivity index (χ0n) is 54.0. The molecule has 0 bridgehead atoms. The van der Waals surface area contributed by atoms with E-state index in [1.165, 1.54) is 289 Å². The highest BCUT2D eigenvalue weighted by Gasteiger charge is 2.44. The number of rotatable bonds is 63. The van der Waals surface area contributed by atoms with Crippen LogP contribution in [0.15, 0.2) is 48.6 Å². The zero-order chi connectivity index (χ0) is 59.3. The van der Waals surface area contributed by atoms with E-state index in [4.69, 9.17) is 9.47 Å². The monoisotopic (exact) mass is 1160 g/mol. The Labute approximate surface area is 507 Å². The highest BCUT2D eigenvalue weighted by molar-refractivity contribution is 5.76. The maximum absolute atomic E-state index is 13.1. The van der Waals surface area contributed by atoms with Crippen molar-refractivity contribution in [2.45, 2.75) is 397 Å². The van der Waals surface area contributed by atoms with Gasteiger partial charge in [-0.15, -0.1) is 0 Å². The Bertz CT molecular complexity index is 1430. The second-order valence-corrected chi connectivity index (χ2v) is 25.0. The summed E-state index contributed by atoms with van der Waals surface area (Å²) in [5, 5.41) is 54.8. The van der Waals surface area contributed by atoms with Crippen LogP contribution in [0.2, 0.25) is 0 Å². The van der Waals surface area contributed by atoms with Crippen molar-refractivity contribution in [2.24, 2.45) is 0 Å². The van der Waals surface area contributed by atoms with Gasteiger partial charge in [0.2, 0.25) is 5.91 Å². The molecule has 482 valence electrons. The molecular formula is C73H137NO8. The van der Waals surface area contributed by atoms with E-state index >= 15 is 0 Å². The summed E-state index contributed by atoms with van der Waals surface area (Å²) in [5.41, 5.74) is 0. The van der Waals surface area contributed by atoms with E-state index in [1.807, 2.05) is 6.08 Å². The minimum Gasteiger partial charge on any atom is -0.394 e. The third-order valence-corrected chi connectivity index (χ3v) is 17.1. The number of carbonyl (C=O) groups excluding carboxylic acids is 1. The minimum absolute atomic E-state index is 0.182. The molecule has 1 aliphatic heterocycles. The molecule has 0 aliphatic carbocycles. The smallest absolute Gasteiger partial charge is 0.220 e. The first kappa shape index (κ1) is 78.2. The van der Waals surface area contributed by atoms with Gasteiger partial charge in [0.05, 0.1) is 25.4 Å². The van der Waals surface area contributed by atoms with E-state index in [0.717, 1.165) is 44.9 Å². The Balaban J connectivity index is 2.14. The van der Waals surface area contributed by atoms with Gasteiger partial charge in [-0.3, -0.25) is 4.79 Å². The van der Waals surface area contributed by atoms with Gasteiger partial charge in [0, 0.05) is 6.42 Å². The van der Waals surface area contributed by atoms with Crippen LogP contribution in [0.5, 0.6) is 0 Å². The number of hydrogen-bond donors (Lipinski definition) is 6. The molecule has 0 aromatic heterocycles. The van der Waals surface area contributed by atoms with Gasteiger partial charge in [0.15, 0.2) is 6.29 Å². The highest BCUT2D eigenvalue weighted by Crippen LogP contribution is 2.23. The number of ether oxygens (including phenoxy) is 2. The molecule has 9 nitrogen and oxygen atoms in total. The predicted octanol–water partition coefficient (Wildman–Crippen LogP) is 19.6. The Kier molecular flexibility index (Phi) is 59.3. The van der Waals surface area contributed by atoms with Crippen LogP contribution in [0.1, 0.15) is 354 Å². The summed E-state index contributed by atoms with van der Waals surface area (Å²) in [6.45, 7) is 3.80. The van der Waals surface area contributed by atoms with E-state index in [-0.39, 0.29) is 12.5 Å². The van der Waals surface area contributed by atoms with Crippen molar-refractivity contribution in [1.29, 1.82) is 0 Å². The van der Waals surface area contributed by atoms with Crippen molar-refractivity contribution in [3.05, 3.63) is 48.6 Å². The lowest BCUT2D eigenvalue weighted by Gasteiger charge is -2.40. The Morgan fingerprint density at radius 3 is 1.10 bits per heavy atom. The molecule has 6 N–H and O–H groups in total. The molecule has 0 aromatic rings. The van der Waals surface area contributed by atoms with Crippen LogP contribution in [0.3, 0.4) is 0 Å². The average molecular weight is 1160 g/mol. The minimum atomic E-state index is -1.57. The van der Waals surface area contributed by atoms with E-state index in [0.29, 0.717) is 6.42 Å². The fourth-order valence-corrected chi connectivity index (χ4v) is 11.5. The number of amides is 1. The van der Waals surface area contributed by atoms with E-state index < -0.39 is 49.5 Å². The topological polar surface area (TPSA) is 149 Å². The van der Waals surface area contributed by atoms with Gasteiger partial charge in [0.1, 0.15) is 24.4 Å². The first-order valence-electron chi connectivity index (χ1n) is 35.9. The van der Waals surface area contributed by atoms with Gasteiger partial charge in [-0.1, -0.05) is 332 Å². The molecule has 9 heteroatoms. The molecule has 1 rings (SSSR count). The normalized spacial score (nSPS) is 18.5. The summed E-state index contributed by atoms with van der Waals surface area (Å²) in [6, 6.07) is -0.824. The van der Waals surface area contributed by atoms with Crippen LogP contribution in [0, 0.1) is 0 Å². The lowest BCUT2D eigenvalue weighted by atomic mass is 9.99. The van der Waals surface area contributed by atoms with E-state index in [1.54, 1.807) is 6.08 Å². The average Bonchev–Trinajstić information content (AvgIpc) is 3.53. The van der Waals surface area contributed by atoms with Crippen molar-refractivity contribution >= 4 is 5.91 Å². The molecule has 1 saturated heterocycles. The van der Waals surface area contributed by atoms with Gasteiger partial charge in [-0.2, -0.15) is 0 Å². The summed E-state index contributed by atoms with van der Waals surface area (Å²) in [5.74, 6) is -0.182. The zero-order valence-corrected chi connectivity index (χ0v) is 54.0. The molecular weight excluding hydrogens is 1020 g/mol. The van der Waals surface area contributed by atoms with Crippen molar-refractivity contribution < 1.29 is 39.8 Å². The van der Waals surface area contributed by atoms with Crippen molar-refractivity contribution in [2.75, 3.05) is 13.2 Å². The van der Waals surface area contributed by atoms with Crippen molar-refractivity contribution in [3.8, 4) is 0 Å². The quantitative estimate of drug-likeness (QED) is 0.0261. The van der Waals surface area contributed by atoms with Gasteiger partial charge in [-0.05, 0) is 64.2 Å². The maximum atomic E-state index is 13.1. The lowest BCUT2D eigenvalue weighted by Crippen LogP contribution is -2.60. The SMILES string of the molecule is CCCCCCC/C=C\C/C=C\CCCCCCCCCCCCCCCCCC(=O)NC(COC1OC(CO)C(O)C(O)C1O)C(O)/C=C/CC/C=C/CCCCCCCCCCCCCCCCCCCCCCCCCCCC. The van der Waals surface area contributed by atoms with Crippen LogP contribution in [0.4, 0.5) is 0 Å². The molecule has 1 fully saturated rings. The van der Waals surface area contributed by atoms with Gasteiger partial charge >= 0.3 is 0 Å². The number of aliphatic hydroxyl groups excluding tert-OH is 5. The molecule has 1 amide bonds. The Morgan fingerprint density at radius 2 is 0.732 bits per heavy atom. The van der Waals surface area contributed by atoms with E-state index in [9.17, 15) is 30.3 Å². The van der Waals surface area contributed by atoms with Crippen LogP contribution >= 0.6 is 0 Å². The number of hydrogen-bond acceptors (Lipinski definition) is 8. The third-order valence-electron chi connectivity index (χ3n) is 17.1. The number of allylic oxidation sites excluding steroid dienone is 7. The summed E-state index contributed by atoms with van der Waals surface area (Å²) in [6.07, 6.45) is 78.0. The number of aliphatic hydroxyl groups is 5. The van der Waals surface area contributed by atoms with Gasteiger partial charge < -0.3 is 40.3 Å². The fraction of sp³-hybridized carbons (Fsp3) is 0.877. The standard InChI is InChI=1S/C73H137NO8/c1-3-5-7-9-11-13-15-17-19-21-23-25-27-29-31-32-33-34-35-37-38-40-42-44-46-48-50-52-54-56-58-60-62-67(76)66(65-81-73-72(80)71(79)70(78)68(64-75)82-73)74-69(77)63-61-59-57-55-53-51-49-47-45-43-41-39-36-30-28-26-24-22-20-18-16-14-12-10-8-6-4-2/h16,18,22,24,52,54,60,62,66-68,70-73,75-76,78-80H,3-15,17,19-21,23,25-51,53,55-59,61,63-65H2,1-2H3,(H,74,77)/b18-16-,24-22-,54-52+,62-60+. The second kappa shape index (κ2) is 62.2. The van der Waals surface area contributed by atoms with Crippen molar-refractivity contribution in [3.63, 3.8) is 0 Å². The van der Waals surface area contributed by atoms with Crippen molar-refractivity contribution in [1.82, 2.24) is 5.32 Å². The second-order valence-electron chi connectivity index (χ2n) is 25.0. The number of unbranched alkanes of at least 4 members (excludes halogenated alkanes) is 47. The number of carbonyl (C=O) groups is 1. The molecule has 7 atom stereocenters. The van der Waals surface area contributed by atoms with Crippen LogP contribution in [0.25, 0.3) is 0 Å². The summed E-state index contributed by atoms with van der Waals surface area (Å²) in [4.78, 5) is 13.1. The first-order chi connectivity index (χ1) is 40.3. The molecule has 7 unspecified atom stereocenters. The predicted molar refractivity (Wildman–Crippen MR) is 350 cm³/mol. The Hall–Kier alpha value is -1.85. The molecule has 0 saturated carbocycles. The maximum Gasteiger partial charge on any atom is 0.220 e. The van der Waals surface area contributed by atoms with Crippen LogP contribution in [-0.2, 0) is 14.3 Å². The Morgan fingerprint density at radius 1 is 0.415 bits per heavy atom. The van der Waals surface area contributed by atoms with Crippen LogP contribution in [-0.4, -0.2) is 87.5 Å². The van der Waals surface area contributed by atoms with Gasteiger partial charge in [-0.25, -0.2) is 0 Å². The van der Waals surface area contributed by atoms with E-state index in [2.05, 4.69) is 55.6 Å². The first-order valence-corrected chi connectivity index (χ1v) is 35.9. The lowest BCUT2D eigenvalue weighted by molar-refractivity contribution is -0.302. The van der Waals surface area contributed by atoms with Gasteiger partial charge in [0.25, 0.3) is 0 Å². The third kappa shape index (κ3) is 50.3. The molecule has 0 aromatic carbocycles. The highest BCUT2D eigenvalue weighted by atomic mass is 16.7. The molecule has 1 aliphatic rings. The number of nitrogens with one attached hydrogen (secondary N) is 1. The molecule has 82 heavy (non-hydrogen) atoms. The summed E-state index contributed by atoms with van der Waals surface area (Å²) in [7, 11) is 0. The largest absolute Gasteiger partial charge is 0.394 e. The summed E-state index contributed by atoms with van der Waals surface area (Å²) < 4.78 is 11.3.